The molecule has 0 amide bonds. The van der Waals surface area contributed by atoms with Crippen LogP contribution in [0.25, 0.3) is 0 Å². The van der Waals surface area contributed by atoms with Crippen LogP contribution in [-0.4, -0.2) is 22.5 Å². The predicted molar refractivity (Wildman–Crippen MR) is 43.9 cm³/mol. The van der Waals surface area contributed by atoms with E-state index >= 15 is 0 Å². The van der Waals surface area contributed by atoms with E-state index in [0.717, 1.165) is 0 Å². The lowest BCUT2D eigenvalue weighted by atomic mass is 10.8. The standard InChI is InChI=1S/C7H14O2Si/c1-4-7-10(8-5-2)9-6-3/h10H,5-6H2,1-3H3. The summed E-state index contributed by atoms with van der Waals surface area (Å²) in [6.45, 7) is 7.11. The van der Waals surface area contributed by atoms with Crippen molar-refractivity contribution in [3.63, 3.8) is 0 Å². The summed E-state index contributed by atoms with van der Waals surface area (Å²) in [5.41, 5.74) is 2.93. The molecule has 0 radical (unpaired) electrons. The molecule has 0 aromatic rings. The van der Waals surface area contributed by atoms with Gasteiger partial charge in [-0.1, -0.05) is 5.54 Å². The third-order valence-electron chi connectivity index (χ3n) is 0.898. The zero-order valence-corrected chi connectivity index (χ0v) is 7.96. The van der Waals surface area contributed by atoms with Crippen molar-refractivity contribution in [1.29, 1.82) is 0 Å². The average molecular weight is 158 g/mol. The van der Waals surface area contributed by atoms with Crippen molar-refractivity contribution in [2.24, 2.45) is 0 Å². The van der Waals surface area contributed by atoms with Gasteiger partial charge in [-0.25, -0.2) is 0 Å². The van der Waals surface area contributed by atoms with Crippen molar-refractivity contribution in [1.82, 2.24) is 0 Å². The zero-order valence-electron chi connectivity index (χ0n) is 6.81. The van der Waals surface area contributed by atoms with E-state index in [1.807, 2.05) is 13.8 Å². The van der Waals surface area contributed by atoms with Crippen LogP contribution in [-0.2, 0) is 8.85 Å². The fraction of sp³-hybridized carbons (Fsp3) is 0.714. The highest BCUT2D eigenvalue weighted by molar-refractivity contribution is 6.54. The molecule has 0 fully saturated rings. The minimum atomic E-state index is -1.59. The summed E-state index contributed by atoms with van der Waals surface area (Å²) >= 11 is 0. The Morgan fingerprint density at radius 3 is 2.00 bits per heavy atom. The Morgan fingerprint density at radius 2 is 1.70 bits per heavy atom. The van der Waals surface area contributed by atoms with E-state index in [-0.39, 0.29) is 0 Å². The summed E-state index contributed by atoms with van der Waals surface area (Å²) in [5, 5.41) is 0. The monoisotopic (exact) mass is 158 g/mol. The van der Waals surface area contributed by atoms with E-state index in [9.17, 15) is 0 Å². The molecular weight excluding hydrogens is 144 g/mol. The van der Waals surface area contributed by atoms with Crippen molar-refractivity contribution in [2.45, 2.75) is 20.8 Å². The number of hydrogen-bond acceptors (Lipinski definition) is 2. The lowest BCUT2D eigenvalue weighted by molar-refractivity contribution is 0.226. The summed E-state index contributed by atoms with van der Waals surface area (Å²) in [6, 6.07) is 0. The SMILES string of the molecule is CC#C[SiH](OCC)OCC. The van der Waals surface area contributed by atoms with E-state index < -0.39 is 9.28 Å². The predicted octanol–water partition coefficient (Wildman–Crippen LogP) is 0.842. The molecule has 0 heterocycles. The van der Waals surface area contributed by atoms with Gasteiger partial charge in [0, 0.05) is 13.2 Å². The molecule has 3 heteroatoms. The number of hydrogen-bond donors (Lipinski definition) is 0. The van der Waals surface area contributed by atoms with Crippen molar-refractivity contribution >= 4 is 9.28 Å². The maximum atomic E-state index is 5.27. The zero-order chi connectivity index (χ0) is 7.82. The minimum Gasteiger partial charge on any atom is -0.388 e. The lowest BCUT2D eigenvalue weighted by Gasteiger charge is -2.06. The van der Waals surface area contributed by atoms with Gasteiger partial charge in [-0.05, 0) is 20.8 Å². The quantitative estimate of drug-likeness (QED) is 0.446. The van der Waals surface area contributed by atoms with E-state index in [1.165, 1.54) is 0 Å². The Labute approximate surface area is 64.4 Å². The smallest absolute Gasteiger partial charge is 0.388 e. The van der Waals surface area contributed by atoms with Gasteiger partial charge in [0.05, 0.1) is 0 Å². The first-order valence-corrected chi connectivity index (χ1v) is 5.02. The molecule has 0 unspecified atom stereocenters. The molecule has 58 valence electrons. The second-order valence-corrected chi connectivity index (χ2v) is 3.26. The third kappa shape index (κ3) is 4.56. The maximum Gasteiger partial charge on any atom is 0.407 e. The molecule has 0 aliphatic carbocycles. The molecule has 0 rings (SSSR count). The molecule has 0 saturated heterocycles. The second kappa shape index (κ2) is 6.81. The Bertz CT molecular complexity index is 119. The Balaban J connectivity index is 3.57. The summed E-state index contributed by atoms with van der Waals surface area (Å²) < 4.78 is 10.5. The first kappa shape index (κ1) is 9.70. The van der Waals surface area contributed by atoms with Gasteiger partial charge in [0.15, 0.2) is 0 Å². The number of rotatable bonds is 4. The first-order chi connectivity index (χ1) is 4.85. The van der Waals surface area contributed by atoms with Crippen LogP contribution in [0.15, 0.2) is 0 Å². The molecule has 0 aliphatic rings. The van der Waals surface area contributed by atoms with Crippen LogP contribution < -0.4 is 0 Å². The molecule has 0 saturated carbocycles. The van der Waals surface area contributed by atoms with Crippen molar-refractivity contribution in [3.05, 3.63) is 0 Å². The van der Waals surface area contributed by atoms with Crippen LogP contribution in [0.2, 0.25) is 0 Å². The highest BCUT2D eigenvalue weighted by Crippen LogP contribution is 1.86. The molecular formula is C7H14O2Si. The molecule has 0 spiro atoms. The normalized spacial score (nSPS) is 9.20. The van der Waals surface area contributed by atoms with Gasteiger partial charge >= 0.3 is 9.28 Å². The van der Waals surface area contributed by atoms with Gasteiger partial charge in [0.2, 0.25) is 0 Å². The first-order valence-electron chi connectivity index (χ1n) is 3.50. The van der Waals surface area contributed by atoms with Gasteiger partial charge in [-0.2, -0.15) is 0 Å². The molecule has 0 atom stereocenters. The van der Waals surface area contributed by atoms with Gasteiger partial charge in [-0.15, -0.1) is 5.92 Å². The molecule has 0 N–H and O–H groups in total. The van der Waals surface area contributed by atoms with E-state index in [4.69, 9.17) is 8.85 Å². The fourth-order valence-corrected chi connectivity index (χ4v) is 1.66. The van der Waals surface area contributed by atoms with Gasteiger partial charge < -0.3 is 8.85 Å². The van der Waals surface area contributed by atoms with Crippen molar-refractivity contribution in [3.8, 4) is 11.5 Å². The van der Waals surface area contributed by atoms with Crippen molar-refractivity contribution in [2.75, 3.05) is 13.2 Å². The van der Waals surface area contributed by atoms with Crippen LogP contribution in [0, 0.1) is 11.5 Å². The van der Waals surface area contributed by atoms with E-state index in [1.54, 1.807) is 6.92 Å². The van der Waals surface area contributed by atoms with Crippen LogP contribution in [0.5, 0.6) is 0 Å². The topological polar surface area (TPSA) is 18.5 Å². The molecule has 2 nitrogen and oxygen atoms in total. The van der Waals surface area contributed by atoms with Gasteiger partial charge in [-0.3, -0.25) is 0 Å². The maximum absolute atomic E-state index is 5.27. The summed E-state index contributed by atoms with van der Waals surface area (Å²) in [6.07, 6.45) is 0. The molecule has 0 aliphatic heterocycles. The summed E-state index contributed by atoms with van der Waals surface area (Å²) in [5.74, 6) is 2.80. The van der Waals surface area contributed by atoms with E-state index in [2.05, 4.69) is 11.5 Å². The van der Waals surface area contributed by atoms with Crippen LogP contribution in [0.4, 0.5) is 0 Å². The summed E-state index contributed by atoms with van der Waals surface area (Å²) in [7, 11) is -1.59. The van der Waals surface area contributed by atoms with E-state index in [0.29, 0.717) is 13.2 Å². The Hall–Kier alpha value is -0.303. The lowest BCUT2D eigenvalue weighted by Crippen LogP contribution is -2.20. The van der Waals surface area contributed by atoms with Crippen molar-refractivity contribution < 1.29 is 8.85 Å². The molecule has 0 aromatic carbocycles. The second-order valence-electron chi connectivity index (χ2n) is 1.64. The summed E-state index contributed by atoms with van der Waals surface area (Å²) in [4.78, 5) is 0. The van der Waals surface area contributed by atoms with Gasteiger partial charge in [0.25, 0.3) is 0 Å². The van der Waals surface area contributed by atoms with Gasteiger partial charge in [0.1, 0.15) is 0 Å². The highest BCUT2D eigenvalue weighted by atomic mass is 28.3. The highest BCUT2D eigenvalue weighted by Gasteiger charge is 2.05. The third-order valence-corrected chi connectivity index (χ3v) is 2.69. The molecule has 10 heavy (non-hydrogen) atoms. The van der Waals surface area contributed by atoms with Crippen LogP contribution in [0.3, 0.4) is 0 Å². The Morgan fingerprint density at radius 1 is 1.20 bits per heavy atom. The fourth-order valence-electron chi connectivity index (χ4n) is 0.552. The van der Waals surface area contributed by atoms with Crippen LogP contribution in [0.1, 0.15) is 20.8 Å². The minimum absolute atomic E-state index is 0.700. The van der Waals surface area contributed by atoms with Crippen LogP contribution >= 0.6 is 0 Å². The molecule has 0 aromatic heterocycles. The Kier molecular flexibility index (Phi) is 6.61. The molecule has 0 bridgehead atoms. The largest absolute Gasteiger partial charge is 0.407 e. The average Bonchev–Trinajstić information content (AvgIpc) is 1.90.